The Labute approximate surface area is 149 Å². The van der Waals surface area contributed by atoms with Gasteiger partial charge in [-0.05, 0) is 42.2 Å². The van der Waals surface area contributed by atoms with E-state index in [1.165, 1.54) is 0 Å². The Bertz CT molecular complexity index is 941. The van der Waals surface area contributed by atoms with E-state index in [0.717, 1.165) is 59.8 Å². The van der Waals surface area contributed by atoms with Crippen LogP contribution in [0.25, 0.3) is 22.2 Å². The quantitative estimate of drug-likeness (QED) is 0.607. The molecule has 3 rings (SSSR count). The van der Waals surface area contributed by atoms with E-state index in [4.69, 9.17) is 5.14 Å². The van der Waals surface area contributed by atoms with Gasteiger partial charge in [-0.1, -0.05) is 56.5 Å². The molecule has 0 saturated carbocycles. The third-order valence-electron chi connectivity index (χ3n) is 4.51. The van der Waals surface area contributed by atoms with Crippen LogP contribution in [0.3, 0.4) is 0 Å². The van der Waals surface area contributed by atoms with Crippen LogP contribution in [-0.4, -0.2) is 13.4 Å². The molecule has 3 aromatic rings. The number of para-hydroxylation sites is 1. The zero-order valence-corrected chi connectivity index (χ0v) is 15.3. The zero-order valence-electron chi connectivity index (χ0n) is 14.5. The molecule has 5 heteroatoms. The average Bonchev–Trinajstić information content (AvgIpc) is 3.02. The summed E-state index contributed by atoms with van der Waals surface area (Å²) in [5, 5.41) is 6.57. The third kappa shape index (κ3) is 4.11. The minimum atomic E-state index is -3.75. The number of hydrogen-bond donors (Lipinski definition) is 2. The number of benzene rings is 2. The van der Waals surface area contributed by atoms with Gasteiger partial charge in [-0.25, -0.2) is 13.6 Å². The Hall–Kier alpha value is -2.11. The van der Waals surface area contributed by atoms with E-state index >= 15 is 0 Å². The molecule has 0 aliphatic heterocycles. The molecular formula is C20H24N2O2S. The number of hydrogen-bond acceptors (Lipinski definition) is 2. The van der Waals surface area contributed by atoms with Crippen molar-refractivity contribution in [3.8, 4) is 11.3 Å². The molecule has 0 saturated heterocycles. The summed E-state index contributed by atoms with van der Waals surface area (Å²) in [6, 6.07) is 15.6. The minimum Gasteiger partial charge on any atom is -0.355 e. The highest BCUT2D eigenvalue weighted by Crippen LogP contribution is 2.28. The van der Waals surface area contributed by atoms with Crippen LogP contribution >= 0.6 is 0 Å². The normalized spacial score (nSPS) is 11.9. The maximum Gasteiger partial charge on any atom is 0.238 e. The van der Waals surface area contributed by atoms with E-state index in [1.54, 1.807) is 6.07 Å². The van der Waals surface area contributed by atoms with Crippen LogP contribution < -0.4 is 5.14 Å². The molecule has 2 aromatic carbocycles. The predicted molar refractivity (Wildman–Crippen MR) is 103 cm³/mol. The first-order valence-electron chi connectivity index (χ1n) is 8.73. The number of H-pyrrole nitrogens is 1. The van der Waals surface area contributed by atoms with Crippen LogP contribution in [0.4, 0.5) is 0 Å². The Kier molecular flexibility index (Phi) is 5.25. The van der Waals surface area contributed by atoms with Gasteiger partial charge in [0.2, 0.25) is 10.0 Å². The van der Waals surface area contributed by atoms with Crippen LogP contribution in [0.5, 0.6) is 0 Å². The molecule has 4 nitrogen and oxygen atoms in total. The fourth-order valence-electron chi connectivity index (χ4n) is 3.16. The molecule has 25 heavy (non-hydrogen) atoms. The predicted octanol–water partition coefficient (Wildman–Crippen LogP) is 4.61. The Balaban J connectivity index is 1.96. The van der Waals surface area contributed by atoms with E-state index in [0.29, 0.717) is 0 Å². The van der Waals surface area contributed by atoms with Gasteiger partial charge in [0.25, 0.3) is 0 Å². The zero-order chi connectivity index (χ0) is 17.9. The van der Waals surface area contributed by atoms with E-state index < -0.39 is 10.0 Å². The maximum absolute atomic E-state index is 12.1. The summed E-state index contributed by atoms with van der Waals surface area (Å²) in [5.74, 6) is 0. The summed E-state index contributed by atoms with van der Waals surface area (Å²) in [7, 11) is -3.75. The molecule has 0 spiro atoms. The number of rotatable bonds is 7. The topological polar surface area (TPSA) is 76.0 Å². The van der Waals surface area contributed by atoms with E-state index in [1.807, 2.05) is 42.5 Å². The largest absolute Gasteiger partial charge is 0.355 e. The van der Waals surface area contributed by atoms with Gasteiger partial charge >= 0.3 is 0 Å². The number of sulfonamides is 1. The smallest absolute Gasteiger partial charge is 0.238 e. The van der Waals surface area contributed by atoms with E-state index in [-0.39, 0.29) is 4.90 Å². The molecule has 1 aromatic heterocycles. The second kappa shape index (κ2) is 7.42. The van der Waals surface area contributed by atoms with Gasteiger partial charge < -0.3 is 4.98 Å². The Morgan fingerprint density at radius 1 is 1.00 bits per heavy atom. The van der Waals surface area contributed by atoms with Gasteiger partial charge in [-0.2, -0.15) is 0 Å². The number of primary sulfonamides is 1. The molecule has 0 atom stereocenters. The first kappa shape index (κ1) is 17.7. The highest BCUT2D eigenvalue weighted by molar-refractivity contribution is 7.89. The molecular weight excluding hydrogens is 332 g/mol. The minimum absolute atomic E-state index is 0.236. The Morgan fingerprint density at radius 2 is 1.80 bits per heavy atom. The number of fused-ring (bicyclic) bond motifs is 1. The summed E-state index contributed by atoms with van der Waals surface area (Å²) in [5.41, 5.74) is 3.55. The lowest BCUT2D eigenvalue weighted by atomic mass is 10.0. The molecule has 0 bridgehead atoms. The number of nitrogens with two attached hydrogens (primary N) is 1. The molecule has 0 amide bonds. The van der Waals surface area contributed by atoms with Gasteiger partial charge in [0.15, 0.2) is 0 Å². The summed E-state index contributed by atoms with van der Waals surface area (Å²) in [6.45, 7) is 2.16. The lowest BCUT2D eigenvalue weighted by Crippen LogP contribution is -2.14. The van der Waals surface area contributed by atoms with Gasteiger partial charge in [-0.15, -0.1) is 0 Å². The molecule has 0 aliphatic rings. The number of aryl methyl sites for hydroxylation is 1. The fraction of sp³-hybridized carbons (Fsp3) is 0.300. The summed E-state index contributed by atoms with van der Waals surface area (Å²) in [4.78, 5) is 3.57. The molecule has 3 N–H and O–H groups in total. The number of aromatic nitrogens is 1. The molecule has 0 radical (unpaired) electrons. The van der Waals surface area contributed by atoms with Crippen LogP contribution in [0.1, 0.15) is 38.2 Å². The Morgan fingerprint density at radius 3 is 2.52 bits per heavy atom. The second-order valence-electron chi connectivity index (χ2n) is 6.45. The van der Waals surface area contributed by atoms with E-state index in [2.05, 4.69) is 11.9 Å². The number of aromatic amines is 1. The average molecular weight is 356 g/mol. The summed E-state index contributed by atoms with van der Waals surface area (Å²) < 4.78 is 24.1. The van der Waals surface area contributed by atoms with Crippen molar-refractivity contribution in [2.45, 2.75) is 43.9 Å². The van der Waals surface area contributed by atoms with E-state index in [9.17, 15) is 8.42 Å². The van der Waals surface area contributed by atoms with Gasteiger partial charge in [0.05, 0.1) is 4.90 Å². The third-order valence-corrected chi connectivity index (χ3v) is 5.51. The van der Waals surface area contributed by atoms with Crippen molar-refractivity contribution < 1.29 is 8.42 Å². The van der Waals surface area contributed by atoms with Crippen molar-refractivity contribution in [3.05, 3.63) is 54.1 Å². The van der Waals surface area contributed by atoms with Crippen molar-refractivity contribution in [3.63, 3.8) is 0 Å². The van der Waals surface area contributed by atoms with Crippen molar-refractivity contribution in [1.82, 2.24) is 4.98 Å². The maximum atomic E-state index is 12.1. The van der Waals surface area contributed by atoms with Crippen LogP contribution in [-0.2, 0) is 16.4 Å². The molecule has 0 unspecified atom stereocenters. The first-order valence-corrected chi connectivity index (χ1v) is 10.3. The fourth-order valence-corrected chi connectivity index (χ4v) is 3.99. The lowest BCUT2D eigenvalue weighted by molar-refractivity contribution is 0.595. The summed E-state index contributed by atoms with van der Waals surface area (Å²) in [6.07, 6.45) is 5.13. The lowest BCUT2D eigenvalue weighted by Gasteiger charge is -2.10. The summed E-state index contributed by atoms with van der Waals surface area (Å²) >= 11 is 0. The van der Waals surface area contributed by atoms with Crippen molar-refractivity contribution in [2.75, 3.05) is 0 Å². The van der Waals surface area contributed by atoms with Crippen LogP contribution in [0, 0.1) is 0 Å². The van der Waals surface area contributed by atoms with Gasteiger partial charge in [0, 0.05) is 16.6 Å². The second-order valence-corrected chi connectivity index (χ2v) is 7.98. The first-order chi connectivity index (χ1) is 12.0. The SMILES string of the molecule is CCCCCCc1ccc(-c2cc3ccccc3[nH]2)cc1S(N)(=O)=O. The van der Waals surface area contributed by atoms with Gasteiger partial charge in [0.1, 0.15) is 0 Å². The standard InChI is InChI=1S/C20H24N2O2S/c1-2-3-4-5-8-15-11-12-17(14-20(15)25(21,23)24)19-13-16-9-6-7-10-18(16)22-19/h6-7,9-14,22H,2-5,8H2,1H3,(H2,21,23,24). The van der Waals surface area contributed by atoms with Crippen LogP contribution in [0.2, 0.25) is 0 Å². The molecule has 132 valence electrons. The molecule has 0 fully saturated rings. The van der Waals surface area contributed by atoms with Crippen molar-refractivity contribution in [1.29, 1.82) is 0 Å². The number of nitrogens with one attached hydrogen (secondary N) is 1. The van der Waals surface area contributed by atoms with Gasteiger partial charge in [-0.3, -0.25) is 0 Å². The monoisotopic (exact) mass is 356 g/mol. The molecule has 0 aliphatic carbocycles. The van der Waals surface area contributed by atoms with Crippen molar-refractivity contribution >= 4 is 20.9 Å². The van der Waals surface area contributed by atoms with Crippen LogP contribution in [0.15, 0.2) is 53.4 Å². The number of unbranched alkanes of at least 4 members (excludes halogenated alkanes) is 3. The molecule has 1 heterocycles. The van der Waals surface area contributed by atoms with Crippen molar-refractivity contribution in [2.24, 2.45) is 5.14 Å². The highest BCUT2D eigenvalue weighted by Gasteiger charge is 2.16. The highest BCUT2D eigenvalue weighted by atomic mass is 32.2.